The second-order valence-electron chi connectivity index (χ2n) is 3.40. The Kier molecular flexibility index (Phi) is 3.05. The van der Waals surface area contributed by atoms with E-state index in [1.54, 1.807) is 13.8 Å². The van der Waals surface area contributed by atoms with E-state index in [9.17, 15) is 13.2 Å². The minimum absolute atomic E-state index is 0.0159. The molecule has 1 aliphatic rings. The highest BCUT2D eigenvalue weighted by atomic mass is 32.2. The van der Waals surface area contributed by atoms with Crippen molar-refractivity contribution >= 4 is 16.0 Å². The van der Waals surface area contributed by atoms with E-state index in [-0.39, 0.29) is 18.4 Å². The number of carbonyl (C=O) groups excluding carboxylic acids is 1. The molecule has 0 saturated carbocycles. The van der Waals surface area contributed by atoms with Gasteiger partial charge in [0.25, 0.3) is 10.2 Å². The van der Waals surface area contributed by atoms with Crippen molar-refractivity contribution < 1.29 is 13.2 Å². The van der Waals surface area contributed by atoms with Crippen LogP contribution < -0.4 is 4.72 Å². The predicted octanol–water partition coefficient (Wildman–Crippen LogP) is -0.496. The topological polar surface area (TPSA) is 66.5 Å². The molecule has 0 unspecified atom stereocenters. The summed E-state index contributed by atoms with van der Waals surface area (Å²) in [4.78, 5) is 10.9. The maximum absolute atomic E-state index is 11.5. The van der Waals surface area contributed by atoms with E-state index in [0.717, 1.165) is 0 Å². The van der Waals surface area contributed by atoms with E-state index < -0.39 is 10.2 Å². The molecule has 0 amide bonds. The highest BCUT2D eigenvalue weighted by Gasteiger charge is 2.29. The molecule has 76 valence electrons. The third-order valence-corrected chi connectivity index (χ3v) is 3.48. The Morgan fingerprint density at radius 2 is 2.08 bits per heavy atom. The van der Waals surface area contributed by atoms with Crippen LogP contribution in [-0.4, -0.2) is 37.6 Å². The largest absolute Gasteiger partial charge is 0.298 e. The molecule has 0 atom stereocenters. The number of Topliss-reactive ketones (excluding diaryl/α,β-unsaturated/α-hetero) is 1. The number of rotatable bonds is 3. The number of carbonyl (C=O) groups is 1. The molecule has 5 nitrogen and oxygen atoms in total. The molecule has 1 saturated heterocycles. The Balaban J connectivity index is 2.65. The number of hydrogen-bond acceptors (Lipinski definition) is 3. The van der Waals surface area contributed by atoms with Gasteiger partial charge in [0.2, 0.25) is 0 Å². The fourth-order valence-electron chi connectivity index (χ4n) is 1.18. The first-order chi connectivity index (χ1) is 5.92. The molecule has 0 radical (unpaired) electrons. The summed E-state index contributed by atoms with van der Waals surface area (Å²) in [7, 11) is -3.43. The molecule has 0 spiro atoms. The summed E-state index contributed by atoms with van der Waals surface area (Å²) < 4.78 is 26.5. The van der Waals surface area contributed by atoms with Gasteiger partial charge in [-0.25, -0.2) is 0 Å². The van der Waals surface area contributed by atoms with E-state index in [4.69, 9.17) is 0 Å². The number of nitrogens with zero attached hydrogens (tertiary/aromatic N) is 1. The molecule has 1 fully saturated rings. The van der Waals surface area contributed by atoms with Gasteiger partial charge in [0.05, 0.1) is 6.54 Å². The van der Waals surface area contributed by atoms with Crippen LogP contribution in [0.5, 0.6) is 0 Å². The van der Waals surface area contributed by atoms with E-state index in [1.807, 2.05) is 0 Å². The highest BCUT2D eigenvalue weighted by molar-refractivity contribution is 7.87. The Hall–Kier alpha value is -0.460. The lowest BCUT2D eigenvalue weighted by atomic mass is 10.4. The lowest BCUT2D eigenvalue weighted by Crippen LogP contribution is -2.42. The van der Waals surface area contributed by atoms with Gasteiger partial charge in [-0.2, -0.15) is 17.4 Å². The van der Waals surface area contributed by atoms with E-state index in [0.29, 0.717) is 13.0 Å². The summed E-state index contributed by atoms with van der Waals surface area (Å²) in [5.41, 5.74) is 0. The van der Waals surface area contributed by atoms with Crippen LogP contribution in [-0.2, 0) is 15.0 Å². The van der Waals surface area contributed by atoms with Crippen LogP contribution in [0.3, 0.4) is 0 Å². The molecule has 0 aromatic heterocycles. The summed E-state index contributed by atoms with van der Waals surface area (Å²) in [6.07, 6.45) is 0.332. The lowest BCUT2D eigenvalue weighted by molar-refractivity contribution is -0.116. The van der Waals surface area contributed by atoms with Crippen molar-refractivity contribution in [2.45, 2.75) is 26.3 Å². The second-order valence-corrected chi connectivity index (χ2v) is 5.10. The molecule has 0 bridgehead atoms. The molecule has 0 aromatic carbocycles. The van der Waals surface area contributed by atoms with E-state index in [1.165, 1.54) is 4.31 Å². The Labute approximate surface area is 78.3 Å². The van der Waals surface area contributed by atoms with Crippen molar-refractivity contribution in [1.82, 2.24) is 9.03 Å². The van der Waals surface area contributed by atoms with Crippen molar-refractivity contribution in [2.75, 3.05) is 13.1 Å². The third-order valence-electron chi connectivity index (χ3n) is 1.72. The van der Waals surface area contributed by atoms with Gasteiger partial charge in [-0.3, -0.25) is 4.79 Å². The Bertz CT molecular complexity index is 297. The van der Waals surface area contributed by atoms with Crippen molar-refractivity contribution in [3.8, 4) is 0 Å². The highest BCUT2D eigenvalue weighted by Crippen LogP contribution is 2.08. The summed E-state index contributed by atoms with van der Waals surface area (Å²) in [5, 5.41) is 0. The molecule has 1 N–H and O–H groups in total. The monoisotopic (exact) mass is 206 g/mol. The zero-order chi connectivity index (χ0) is 10.1. The minimum atomic E-state index is -3.43. The van der Waals surface area contributed by atoms with Gasteiger partial charge in [-0.1, -0.05) is 0 Å². The molecule has 6 heteroatoms. The van der Waals surface area contributed by atoms with Crippen LogP contribution in [0, 0.1) is 0 Å². The van der Waals surface area contributed by atoms with Crippen molar-refractivity contribution in [3.63, 3.8) is 0 Å². The maximum Gasteiger partial charge on any atom is 0.280 e. The zero-order valence-electron chi connectivity index (χ0n) is 7.78. The van der Waals surface area contributed by atoms with Crippen LogP contribution in [0.1, 0.15) is 20.3 Å². The molecule has 1 rings (SSSR count). The van der Waals surface area contributed by atoms with Gasteiger partial charge >= 0.3 is 0 Å². The van der Waals surface area contributed by atoms with Gasteiger partial charge in [-0.05, 0) is 13.8 Å². The zero-order valence-corrected chi connectivity index (χ0v) is 8.60. The maximum atomic E-state index is 11.5. The predicted molar refractivity (Wildman–Crippen MR) is 48.4 cm³/mol. The summed E-state index contributed by atoms with van der Waals surface area (Å²) >= 11 is 0. The Morgan fingerprint density at radius 1 is 1.46 bits per heavy atom. The first-order valence-electron chi connectivity index (χ1n) is 4.21. The van der Waals surface area contributed by atoms with Gasteiger partial charge in [0, 0.05) is 19.0 Å². The fourth-order valence-corrected chi connectivity index (χ4v) is 2.57. The van der Waals surface area contributed by atoms with Crippen LogP contribution in [0.4, 0.5) is 0 Å². The molecule has 0 aromatic rings. The SMILES string of the molecule is CC(C)NS(=O)(=O)N1CCC(=O)C1. The van der Waals surface area contributed by atoms with Crippen LogP contribution in [0.2, 0.25) is 0 Å². The van der Waals surface area contributed by atoms with E-state index in [2.05, 4.69) is 4.72 Å². The normalized spacial score (nSPS) is 20.1. The van der Waals surface area contributed by atoms with Gasteiger partial charge in [-0.15, -0.1) is 0 Å². The number of ketones is 1. The van der Waals surface area contributed by atoms with Crippen LogP contribution >= 0.6 is 0 Å². The minimum Gasteiger partial charge on any atom is -0.298 e. The van der Waals surface area contributed by atoms with Crippen molar-refractivity contribution in [2.24, 2.45) is 0 Å². The quantitative estimate of drug-likeness (QED) is 0.677. The standard InChI is InChI=1S/C7H14N2O3S/c1-6(2)8-13(11,12)9-4-3-7(10)5-9/h6,8H,3-5H2,1-2H3. The average Bonchev–Trinajstić information content (AvgIpc) is 2.32. The van der Waals surface area contributed by atoms with Crippen LogP contribution in [0.25, 0.3) is 0 Å². The van der Waals surface area contributed by atoms with Gasteiger partial charge in [0.1, 0.15) is 5.78 Å². The first kappa shape index (κ1) is 10.6. The molecule has 1 aliphatic heterocycles. The van der Waals surface area contributed by atoms with E-state index >= 15 is 0 Å². The third kappa shape index (κ3) is 2.75. The molecule has 1 heterocycles. The lowest BCUT2D eigenvalue weighted by Gasteiger charge is -2.17. The van der Waals surface area contributed by atoms with Gasteiger partial charge in [0.15, 0.2) is 0 Å². The smallest absolute Gasteiger partial charge is 0.280 e. The summed E-state index contributed by atoms with van der Waals surface area (Å²) in [5.74, 6) is -0.0193. The van der Waals surface area contributed by atoms with Crippen molar-refractivity contribution in [1.29, 1.82) is 0 Å². The Morgan fingerprint density at radius 3 is 2.46 bits per heavy atom. The molecular weight excluding hydrogens is 192 g/mol. The van der Waals surface area contributed by atoms with Gasteiger partial charge < -0.3 is 0 Å². The fraction of sp³-hybridized carbons (Fsp3) is 0.857. The average molecular weight is 206 g/mol. The summed E-state index contributed by atoms with van der Waals surface area (Å²) in [6, 6.07) is -0.138. The van der Waals surface area contributed by atoms with Crippen LogP contribution in [0.15, 0.2) is 0 Å². The van der Waals surface area contributed by atoms with Crippen molar-refractivity contribution in [3.05, 3.63) is 0 Å². The number of nitrogens with one attached hydrogen (secondary N) is 1. The summed E-state index contributed by atoms with van der Waals surface area (Å²) in [6.45, 7) is 3.81. The second kappa shape index (κ2) is 3.73. The molecule has 0 aliphatic carbocycles. The molecule has 13 heavy (non-hydrogen) atoms. The first-order valence-corrected chi connectivity index (χ1v) is 5.65. The molecular formula is C7H14N2O3S. The number of hydrogen-bond donors (Lipinski definition) is 1.